The van der Waals surface area contributed by atoms with Crippen LogP contribution in [0.3, 0.4) is 0 Å². The van der Waals surface area contributed by atoms with Crippen molar-refractivity contribution in [2.24, 2.45) is 0 Å². The van der Waals surface area contributed by atoms with Crippen LogP contribution in [0.25, 0.3) is 0 Å². The molecule has 2 rings (SSSR count). The van der Waals surface area contributed by atoms with Crippen LogP contribution in [-0.2, 0) is 0 Å². The minimum atomic E-state index is 0.302. The SMILES string of the molecule is CCNC(CSc1ccccc1Br)c1cccc(Cl)c1. The zero-order valence-electron chi connectivity index (χ0n) is 11.3. The molecule has 0 radical (unpaired) electrons. The molecule has 1 N–H and O–H groups in total. The van der Waals surface area contributed by atoms with E-state index in [2.05, 4.69) is 52.4 Å². The molecule has 0 heterocycles. The molecule has 0 aliphatic heterocycles. The number of hydrogen-bond donors (Lipinski definition) is 1. The van der Waals surface area contributed by atoms with Crippen molar-refractivity contribution < 1.29 is 0 Å². The zero-order chi connectivity index (χ0) is 14.4. The first-order chi connectivity index (χ1) is 9.70. The van der Waals surface area contributed by atoms with E-state index in [9.17, 15) is 0 Å². The van der Waals surface area contributed by atoms with Gasteiger partial charge >= 0.3 is 0 Å². The topological polar surface area (TPSA) is 12.0 Å². The third kappa shape index (κ3) is 4.52. The van der Waals surface area contributed by atoms with E-state index in [1.54, 1.807) is 0 Å². The van der Waals surface area contributed by atoms with E-state index in [4.69, 9.17) is 11.6 Å². The Bertz CT molecular complexity index is 562. The molecule has 20 heavy (non-hydrogen) atoms. The number of rotatable bonds is 6. The zero-order valence-corrected chi connectivity index (χ0v) is 14.4. The Balaban J connectivity index is 2.08. The second-order valence-electron chi connectivity index (χ2n) is 4.41. The van der Waals surface area contributed by atoms with E-state index in [1.807, 2.05) is 36.0 Å². The van der Waals surface area contributed by atoms with Crippen LogP contribution in [0.15, 0.2) is 57.9 Å². The number of hydrogen-bond acceptors (Lipinski definition) is 2. The van der Waals surface area contributed by atoms with E-state index >= 15 is 0 Å². The second-order valence-corrected chi connectivity index (χ2v) is 6.76. The lowest BCUT2D eigenvalue weighted by molar-refractivity contribution is 0.606. The molecule has 0 fully saturated rings. The Labute approximate surface area is 138 Å². The van der Waals surface area contributed by atoms with Gasteiger partial charge in [-0.3, -0.25) is 0 Å². The smallest absolute Gasteiger partial charge is 0.0415 e. The maximum absolute atomic E-state index is 6.09. The number of halogens is 2. The summed E-state index contributed by atoms with van der Waals surface area (Å²) in [5.41, 5.74) is 1.24. The summed E-state index contributed by atoms with van der Waals surface area (Å²) in [6.07, 6.45) is 0. The summed E-state index contributed by atoms with van der Waals surface area (Å²) in [6, 6.07) is 16.7. The third-order valence-electron chi connectivity index (χ3n) is 2.94. The lowest BCUT2D eigenvalue weighted by atomic mass is 10.1. The fourth-order valence-electron chi connectivity index (χ4n) is 1.98. The van der Waals surface area contributed by atoms with Gasteiger partial charge in [-0.2, -0.15) is 0 Å². The van der Waals surface area contributed by atoms with Crippen LogP contribution >= 0.6 is 39.3 Å². The van der Waals surface area contributed by atoms with E-state index in [1.165, 1.54) is 10.5 Å². The molecule has 1 nitrogen and oxygen atoms in total. The molecular weight excluding hydrogens is 354 g/mol. The molecule has 2 aromatic rings. The highest BCUT2D eigenvalue weighted by molar-refractivity contribution is 9.10. The molecule has 0 spiro atoms. The molecule has 0 aliphatic rings. The summed E-state index contributed by atoms with van der Waals surface area (Å²) in [4.78, 5) is 1.26. The Morgan fingerprint density at radius 1 is 1.20 bits per heavy atom. The predicted octanol–water partition coefficient (Wildman–Crippen LogP) is 5.55. The maximum Gasteiger partial charge on any atom is 0.0415 e. The average molecular weight is 371 g/mol. The van der Waals surface area contributed by atoms with Crippen molar-refractivity contribution in [3.63, 3.8) is 0 Å². The molecule has 1 unspecified atom stereocenters. The molecule has 1 atom stereocenters. The van der Waals surface area contributed by atoms with Crippen LogP contribution < -0.4 is 5.32 Å². The number of nitrogens with one attached hydrogen (secondary N) is 1. The molecule has 0 saturated heterocycles. The van der Waals surface area contributed by atoms with Gasteiger partial charge in [-0.1, -0.05) is 42.8 Å². The van der Waals surface area contributed by atoms with Gasteiger partial charge in [0.1, 0.15) is 0 Å². The first-order valence-electron chi connectivity index (χ1n) is 6.57. The molecule has 0 aromatic heterocycles. The van der Waals surface area contributed by atoms with Crippen LogP contribution in [0, 0.1) is 0 Å². The summed E-state index contributed by atoms with van der Waals surface area (Å²) < 4.78 is 1.14. The maximum atomic E-state index is 6.09. The molecular formula is C16H17BrClNS. The lowest BCUT2D eigenvalue weighted by Gasteiger charge is -2.18. The summed E-state index contributed by atoms with van der Waals surface area (Å²) >= 11 is 11.5. The van der Waals surface area contributed by atoms with Crippen LogP contribution in [0.5, 0.6) is 0 Å². The molecule has 0 bridgehead atoms. The van der Waals surface area contributed by atoms with Crippen molar-refractivity contribution in [3.05, 3.63) is 63.6 Å². The predicted molar refractivity (Wildman–Crippen MR) is 92.7 cm³/mol. The summed E-state index contributed by atoms with van der Waals surface area (Å²) in [5.74, 6) is 0.969. The average Bonchev–Trinajstić information content (AvgIpc) is 2.45. The van der Waals surface area contributed by atoms with E-state index < -0.39 is 0 Å². The van der Waals surface area contributed by atoms with Crippen LogP contribution in [0.2, 0.25) is 5.02 Å². The van der Waals surface area contributed by atoms with Crippen LogP contribution in [0.1, 0.15) is 18.5 Å². The minimum absolute atomic E-state index is 0.302. The fraction of sp³-hybridized carbons (Fsp3) is 0.250. The van der Waals surface area contributed by atoms with Gasteiger partial charge < -0.3 is 5.32 Å². The highest BCUT2D eigenvalue weighted by atomic mass is 79.9. The minimum Gasteiger partial charge on any atom is -0.309 e. The monoisotopic (exact) mass is 369 g/mol. The summed E-state index contributed by atoms with van der Waals surface area (Å²) in [5, 5.41) is 4.31. The molecule has 2 aromatic carbocycles. The van der Waals surface area contributed by atoms with Crippen molar-refractivity contribution in [3.8, 4) is 0 Å². The van der Waals surface area contributed by atoms with Crippen LogP contribution in [0.4, 0.5) is 0 Å². The first kappa shape index (κ1) is 15.9. The largest absolute Gasteiger partial charge is 0.309 e. The Morgan fingerprint density at radius 3 is 2.70 bits per heavy atom. The Morgan fingerprint density at radius 2 is 2.00 bits per heavy atom. The Kier molecular flexibility index (Phi) is 6.43. The van der Waals surface area contributed by atoms with Gasteiger partial charge in [-0.05, 0) is 52.3 Å². The van der Waals surface area contributed by atoms with Crippen molar-refractivity contribution in [2.45, 2.75) is 17.9 Å². The van der Waals surface area contributed by atoms with E-state index in [0.29, 0.717) is 6.04 Å². The van der Waals surface area contributed by atoms with Gasteiger partial charge in [0.25, 0.3) is 0 Å². The van der Waals surface area contributed by atoms with Crippen molar-refractivity contribution >= 4 is 39.3 Å². The van der Waals surface area contributed by atoms with Gasteiger partial charge in [0, 0.05) is 26.2 Å². The quantitative estimate of drug-likeness (QED) is 0.669. The number of benzene rings is 2. The Hall–Kier alpha value is -0.480. The van der Waals surface area contributed by atoms with Gasteiger partial charge in [0.2, 0.25) is 0 Å². The first-order valence-corrected chi connectivity index (χ1v) is 8.72. The molecule has 0 aliphatic carbocycles. The summed E-state index contributed by atoms with van der Waals surface area (Å²) in [6.45, 7) is 3.06. The highest BCUT2D eigenvalue weighted by Crippen LogP contribution is 2.30. The summed E-state index contributed by atoms with van der Waals surface area (Å²) in [7, 11) is 0. The van der Waals surface area contributed by atoms with E-state index in [-0.39, 0.29) is 0 Å². The van der Waals surface area contributed by atoms with Gasteiger partial charge in [0.05, 0.1) is 0 Å². The van der Waals surface area contributed by atoms with Crippen molar-refractivity contribution in [1.29, 1.82) is 0 Å². The van der Waals surface area contributed by atoms with Crippen LogP contribution in [-0.4, -0.2) is 12.3 Å². The van der Waals surface area contributed by atoms with Crippen molar-refractivity contribution in [2.75, 3.05) is 12.3 Å². The lowest BCUT2D eigenvalue weighted by Crippen LogP contribution is -2.22. The number of thioether (sulfide) groups is 1. The molecule has 0 amide bonds. The molecule has 4 heteroatoms. The van der Waals surface area contributed by atoms with Gasteiger partial charge in [0.15, 0.2) is 0 Å². The van der Waals surface area contributed by atoms with E-state index in [0.717, 1.165) is 21.8 Å². The molecule has 0 saturated carbocycles. The standard InChI is InChI=1S/C16H17BrClNS/c1-2-19-15(12-6-5-7-13(18)10-12)11-20-16-9-4-3-8-14(16)17/h3-10,15,19H,2,11H2,1H3. The normalized spacial score (nSPS) is 12.3. The van der Waals surface area contributed by atoms with Gasteiger partial charge in [-0.25, -0.2) is 0 Å². The highest BCUT2D eigenvalue weighted by Gasteiger charge is 2.12. The second kappa shape index (κ2) is 8.08. The van der Waals surface area contributed by atoms with Gasteiger partial charge in [-0.15, -0.1) is 11.8 Å². The third-order valence-corrected chi connectivity index (χ3v) is 5.30. The fourth-order valence-corrected chi connectivity index (χ4v) is 3.84. The van der Waals surface area contributed by atoms with Crippen molar-refractivity contribution in [1.82, 2.24) is 5.32 Å². The molecule has 106 valence electrons.